The van der Waals surface area contributed by atoms with Crippen LogP contribution in [0.4, 0.5) is 5.69 Å². The summed E-state index contributed by atoms with van der Waals surface area (Å²) < 4.78 is 0. The van der Waals surface area contributed by atoms with Crippen molar-refractivity contribution in [2.75, 3.05) is 37.6 Å². The normalized spacial score (nSPS) is 23.1. The molecule has 3 nitrogen and oxygen atoms in total. The molecular formula is C18H29N3. The number of nitrogens with zero attached hydrogens (tertiary/aromatic N) is 2. The maximum atomic E-state index is 6.20. The van der Waals surface area contributed by atoms with Crippen molar-refractivity contribution in [2.24, 2.45) is 5.73 Å². The van der Waals surface area contributed by atoms with Gasteiger partial charge in [-0.25, -0.2) is 0 Å². The number of fused-ring (bicyclic) bond motifs is 1. The van der Waals surface area contributed by atoms with Crippen molar-refractivity contribution in [3.63, 3.8) is 0 Å². The third-order valence-corrected chi connectivity index (χ3v) is 5.04. The Morgan fingerprint density at radius 3 is 2.76 bits per heavy atom. The van der Waals surface area contributed by atoms with Crippen molar-refractivity contribution in [2.45, 2.75) is 45.1 Å². The average Bonchev–Trinajstić information content (AvgIpc) is 2.53. The lowest BCUT2D eigenvalue weighted by Crippen LogP contribution is -2.47. The number of piperazine rings is 1. The SMILES string of the molecule is CCCCN1CCN(c2cccc3c2CC(N)CC3)CC1. The Balaban J connectivity index is 1.68. The summed E-state index contributed by atoms with van der Waals surface area (Å²) in [5.41, 5.74) is 10.7. The Morgan fingerprint density at radius 1 is 1.19 bits per heavy atom. The molecule has 1 aromatic rings. The Kier molecular flexibility index (Phi) is 4.81. The van der Waals surface area contributed by atoms with E-state index in [-0.39, 0.29) is 0 Å². The van der Waals surface area contributed by atoms with Crippen LogP contribution in [0.5, 0.6) is 0 Å². The molecule has 1 saturated heterocycles. The monoisotopic (exact) mass is 287 g/mol. The number of nitrogens with two attached hydrogens (primary N) is 1. The summed E-state index contributed by atoms with van der Waals surface area (Å²) in [5.74, 6) is 0. The Hall–Kier alpha value is -1.06. The van der Waals surface area contributed by atoms with Crippen molar-refractivity contribution < 1.29 is 0 Å². The summed E-state index contributed by atoms with van der Waals surface area (Å²) in [5, 5.41) is 0. The second kappa shape index (κ2) is 6.80. The van der Waals surface area contributed by atoms with E-state index < -0.39 is 0 Å². The molecule has 3 heteroatoms. The van der Waals surface area contributed by atoms with Crippen LogP contribution in [0.25, 0.3) is 0 Å². The minimum Gasteiger partial charge on any atom is -0.369 e. The molecule has 1 aliphatic heterocycles. The van der Waals surface area contributed by atoms with Crippen molar-refractivity contribution in [1.29, 1.82) is 0 Å². The molecule has 0 bridgehead atoms. The molecule has 1 unspecified atom stereocenters. The summed E-state index contributed by atoms with van der Waals surface area (Å²) in [6, 6.07) is 7.18. The van der Waals surface area contributed by atoms with E-state index in [9.17, 15) is 0 Å². The fourth-order valence-corrected chi connectivity index (χ4v) is 3.69. The molecule has 2 N–H and O–H groups in total. The number of hydrogen-bond donors (Lipinski definition) is 1. The minimum atomic E-state index is 0.351. The number of anilines is 1. The Labute approximate surface area is 129 Å². The summed E-state index contributed by atoms with van der Waals surface area (Å²) in [7, 11) is 0. The second-order valence-electron chi connectivity index (χ2n) is 6.60. The average molecular weight is 287 g/mol. The van der Waals surface area contributed by atoms with Gasteiger partial charge in [0, 0.05) is 37.9 Å². The predicted molar refractivity (Wildman–Crippen MR) is 90.0 cm³/mol. The van der Waals surface area contributed by atoms with Gasteiger partial charge >= 0.3 is 0 Å². The van der Waals surface area contributed by atoms with E-state index in [1.165, 1.54) is 49.3 Å². The molecule has 0 aromatic heterocycles. The van der Waals surface area contributed by atoms with Crippen molar-refractivity contribution in [3.8, 4) is 0 Å². The standard InChI is InChI=1S/C18H29N3/c1-2-3-9-20-10-12-21(13-11-20)18-6-4-5-15-7-8-16(19)14-17(15)18/h4-6,16H,2-3,7-14,19H2,1H3. The molecule has 1 heterocycles. The maximum absolute atomic E-state index is 6.20. The maximum Gasteiger partial charge on any atom is 0.0403 e. The van der Waals surface area contributed by atoms with Gasteiger partial charge < -0.3 is 10.6 Å². The molecule has 0 spiro atoms. The van der Waals surface area contributed by atoms with Crippen LogP contribution >= 0.6 is 0 Å². The summed E-state index contributed by atoms with van der Waals surface area (Å²) in [6.45, 7) is 8.27. The van der Waals surface area contributed by atoms with E-state index >= 15 is 0 Å². The van der Waals surface area contributed by atoms with Gasteiger partial charge in [-0.3, -0.25) is 4.90 Å². The first-order chi connectivity index (χ1) is 10.3. The van der Waals surface area contributed by atoms with Gasteiger partial charge in [0.25, 0.3) is 0 Å². The first kappa shape index (κ1) is 14.9. The Bertz CT molecular complexity index is 464. The molecule has 0 saturated carbocycles. The van der Waals surface area contributed by atoms with Crippen LogP contribution in [0.2, 0.25) is 0 Å². The van der Waals surface area contributed by atoms with Gasteiger partial charge in [0.15, 0.2) is 0 Å². The Morgan fingerprint density at radius 2 is 2.00 bits per heavy atom. The molecule has 1 atom stereocenters. The van der Waals surface area contributed by atoms with Crippen molar-refractivity contribution in [1.82, 2.24) is 4.90 Å². The lowest BCUT2D eigenvalue weighted by Gasteiger charge is -2.38. The number of aryl methyl sites for hydroxylation is 1. The van der Waals surface area contributed by atoms with Gasteiger partial charge in [-0.1, -0.05) is 25.5 Å². The van der Waals surface area contributed by atoms with E-state index in [4.69, 9.17) is 5.73 Å². The van der Waals surface area contributed by atoms with Crippen LogP contribution in [0.1, 0.15) is 37.3 Å². The predicted octanol–water partition coefficient (Wildman–Crippen LogP) is 2.42. The van der Waals surface area contributed by atoms with Crippen LogP contribution in [0.15, 0.2) is 18.2 Å². The molecule has 0 amide bonds. The van der Waals surface area contributed by atoms with Gasteiger partial charge in [-0.2, -0.15) is 0 Å². The fraction of sp³-hybridized carbons (Fsp3) is 0.667. The molecular weight excluding hydrogens is 258 g/mol. The summed E-state index contributed by atoms with van der Waals surface area (Å²) in [6.07, 6.45) is 5.98. The van der Waals surface area contributed by atoms with Gasteiger partial charge in [0.2, 0.25) is 0 Å². The molecule has 116 valence electrons. The lowest BCUT2D eigenvalue weighted by molar-refractivity contribution is 0.254. The number of benzene rings is 1. The van der Waals surface area contributed by atoms with Gasteiger partial charge in [-0.15, -0.1) is 0 Å². The molecule has 2 aliphatic rings. The molecule has 1 fully saturated rings. The smallest absolute Gasteiger partial charge is 0.0403 e. The number of unbranched alkanes of at least 4 members (excludes halogenated alkanes) is 1. The quantitative estimate of drug-likeness (QED) is 0.923. The highest BCUT2D eigenvalue weighted by molar-refractivity contribution is 5.58. The number of rotatable bonds is 4. The minimum absolute atomic E-state index is 0.351. The van der Waals surface area contributed by atoms with Crippen LogP contribution in [0.3, 0.4) is 0 Å². The molecule has 1 aliphatic carbocycles. The highest BCUT2D eigenvalue weighted by Gasteiger charge is 2.23. The first-order valence-electron chi connectivity index (χ1n) is 8.61. The van der Waals surface area contributed by atoms with Crippen LogP contribution in [0, 0.1) is 0 Å². The van der Waals surface area contributed by atoms with Crippen LogP contribution < -0.4 is 10.6 Å². The van der Waals surface area contributed by atoms with Crippen LogP contribution in [-0.2, 0) is 12.8 Å². The van der Waals surface area contributed by atoms with E-state index in [1.54, 1.807) is 0 Å². The fourth-order valence-electron chi connectivity index (χ4n) is 3.69. The summed E-state index contributed by atoms with van der Waals surface area (Å²) in [4.78, 5) is 5.19. The van der Waals surface area contributed by atoms with E-state index in [0.29, 0.717) is 6.04 Å². The third kappa shape index (κ3) is 3.41. The topological polar surface area (TPSA) is 32.5 Å². The van der Waals surface area contributed by atoms with Gasteiger partial charge in [0.1, 0.15) is 0 Å². The number of hydrogen-bond acceptors (Lipinski definition) is 3. The third-order valence-electron chi connectivity index (χ3n) is 5.04. The summed E-state index contributed by atoms with van der Waals surface area (Å²) >= 11 is 0. The van der Waals surface area contributed by atoms with E-state index in [0.717, 1.165) is 32.4 Å². The van der Waals surface area contributed by atoms with E-state index in [2.05, 4.69) is 34.9 Å². The van der Waals surface area contributed by atoms with Crippen molar-refractivity contribution >= 4 is 5.69 Å². The molecule has 21 heavy (non-hydrogen) atoms. The van der Waals surface area contributed by atoms with Gasteiger partial charge in [0.05, 0.1) is 0 Å². The second-order valence-corrected chi connectivity index (χ2v) is 6.60. The van der Waals surface area contributed by atoms with E-state index in [1.807, 2.05) is 0 Å². The first-order valence-corrected chi connectivity index (χ1v) is 8.61. The zero-order chi connectivity index (χ0) is 14.7. The van der Waals surface area contributed by atoms with Crippen LogP contribution in [-0.4, -0.2) is 43.7 Å². The zero-order valence-electron chi connectivity index (χ0n) is 13.4. The zero-order valence-corrected chi connectivity index (χ0v) is 13.4. The highest BCUT2D eigenvalue weighted by Crippen LogP contribution is 2.30. The van der Waals surface area contributed by atoms with Crippen molar-refractivity contribution in [3.05, 3.63) is 29.3 Å². The largest absolute Gasteiger partial charge is 0.369 e. The molecule has 3 rings (SSSR count). The molecule has 1 aromatic carbocycles. The highest BCUT2D eigenvalue weighted by atomic mass is 15.3. The molecule has 0 radical (unpaired) electrons. The lowest BCUT2D eigenvalue weighted by atomic mass is 9.87. The van der Waals surface area contributed by atoms with Gasteiger partial charge in [-0.05, 0) is 49.4 Å².